The van der Waals surface area contributed by atoms with Crippen molar-refractivity contribution >= 4 is 148 Å². The minimum Gasteiger partial charge on any atom is -0.480 e. The summed E-state index contributed by atoms with van der Waals surface area (Å²) in [6, 6.07) is 70.2. The Balaban J connectivity index is 0.000000249. The highest BCUT2D eigenvalue weighted by Crippen LogP contribution is 2.40. The third-order valence-electron chi connectivity index (χ3n) is 24.3. The fourth-order valence-corrected chi connectivity index (χ4v) is 18.5. The summed E-state index contributed by atoms with van der Waals surface area (Å²) in [5, 5.41) is 28.3. The molecule has 0 saturated carbocycles. The molecule has 141 heavy (non-hydrogen) atoms. The van der Waals surface area contributed by atoms with E-state index in [9.17, 15) is 48.3 Å². The highest BCUT2D eigenvalue weighted by molar-refractivity contribution is 7.79. The number of methoxy groups -OCH3 is 4. The maximum atomic E-state index is 12.7. The van der Waals surface area contributed by atoms with E-state index in [0.29, 0.717) is 77.1 Å². The number of carboxylic acids is 2. The number of carboxylic acid groups (broad SMARTS) is 2. The molecule has 30 nitrogen and oxygen atoms in total. The number of nitrogens with two attached hydrogens (primary N) is 1. The van der Waals surface area contributed by atoms with Crippen LogP contribution in [-0.2, 0) is 99.4 Å². The minimum atomic E-state index is -1.15. The molecule has 6 aliphatic rings. The summed E-state index contributed by atoms with van der Waals surface area (Å²) in [6.45, 7) is 16.2. The maximum Gasteiger partial charge on any atom is 0.411 e. The van der Waals surface area contributed by atoms with Crippen LogP contribution in [-0.4, -0.2) is 212 Å². The van der Waals surface area contributed by atoms with Crippen molar-refractivity contribution in [1.29, 1.82) is 0 Å². The Labute approximate surface area is 858 Å². The lowest BCUT2D eigenvalue weighted by Gasteiger charge is -2.33. The van der Waals surface area contributed by atoms with Crippen LogP contribution in [0.25, 0.3) is 0 Å². The van der Waals surface area contributed by atoms with Crippen molar-refractivity contribution in [3.8, 4) is 0 Å². The number of carbonyl (C=O) groups is 9. The fraction of sp³-hybridized carbons (Fsp3) is 0.452. The predicted octanol–water partition coefficient (Wildman–Crippen LogP) is 19.9. The average Bonchev–Trinajstić information content (AvgIpc) is 1.64. The second-order valence-electron chi connectivity index (χ2n) is 34.3. The lowest BCUT2D eigenvalue weighted by atomic mass is 9.90. The zero-order chi connectivity index (χ0) is 103. The first-order valence-corrected chi connectivity index (χ1v) is 50.3. The number of benzene rings is 7. The fourth-order valence-electron chi connectivity index (χ4n) is 16.2. The molecule has 768 valence electrons. The number of likely N-dealkylation sites (tertiary alicyclic amines) is 4. The number of aldehydes is 1. The van der Waals surface area contributed by atoms with E-state index in [0.717, 1.165) is 92.5 Å². The third-order valence-corrected chi connectivity index (χ3v) is 26.8. The van der Waals surface area contributed by atoms with Crippen LogP contribution in [0.2, 0.25) is 0 Å². The van der Waals surface area contributed by atoms with E-state index in [-0.39, 0.29) is 68.8 Å². The Morgan fingerprint density at radius 1 is 0.418 bits per heavy atom. The summed E-state index contributed by atoms with van der Waals surface area (Å²) in [4.78, 5) is 121. The van der Waals surface area contributed by atoms with E-state index >= 15 is 0 Å². The third kappa shape index (κ3) is 39.2. The van der Waals surface area contributed by atoms with Gasteiger partial charge >= 0.3 is 36.3 Å². The number of hydrogen-bond donors (Lipinski definition) is 5. The first kappa shape index (κ1) is 120. The Hall–Kier alpha value is -10.1. The van der Waals surface area contributed by atoms with Gasteiger partial charge in [0.25, 0.3) is 0 Å². The molecule has 0 bridgehead atoms. The average molecular weight is 2090 g/mol. The highest BCUT2D eigenvalue weighted by Gasteiger charge is 2.50. The van der Waals surface area contributed by atoms with Crippen molar-refractivity contribution in [2.45, 2.75) is 225 Å². The van der Waals surface area contributed by atoms with E-state index in [1.54, 1.807) is 77.7 Å². The molecule has 7 aromatic carbocycles. The van der Waals surface area contributed by atoms with Crippen molar-refractivity contribution < 1.29 is 100 Å². The normalized spacial score (nSPS) is 20.1. The number of nitrogens with zero attached hydrogens (tertiary/aromatic N) is 6. The van der Waals surface area contributed by atoms with Crippen LogP contribution >= 0.6 is 77.5 Å². The summed E-state index contributed by atoms with van der Waals surface area (Å²) in [6.07, 6.45) is 15.6. The van der Waals surface area contributed by atoms with E-state index in [2.05, 4.69) is 119 Å². The number of carbonyl (C=O) groups excluding carboxylic acids is 7. The van der Waals surface area contributed by atoms with Crippen molar-refractivity contribution in [1.82, 2.24) is 40.2 Å². The monoisotopic (exact) mass is 2090 g/mol. The second kappa shape index (κ2) is 63.1. The van der Waals surface area contributed by atoms with Gasteiger partial charge in [-0.05, 0) is 178 Å². The number of aliphatic carboxylic acids is 2. The van der Waals surface area contributed by atoms with Crippen LogP contribution < -0.4 is 32.3 Å². The molecule has 6 fully saturated rings. The van der Waals surface area contributed by atoms with Crippen LogP contribution in [0.3, 0.4) is 0 Å². The van der Waals surface area contributed by atoms with E-state index < -0.39 is 80.7 Å². The molecule has 8 heterocycles. The first-order chi connectivity index (χ1) is 67.5. The van der Waals surface area contributed by atoms with Crippen LogP contribution in [0.15, 0.2) is 246 Å². The molecule has 6 N–H and O–H groups in total. The molecule has 6 saturated heterocycles. The molecule has 0 radical (unpaired) electrons. The Morgan fingerprint density at radius 2 is 0.738 bits per heavy atom. The summed E-state index contributed by atoms with van der Waals surface area (Å²) >= 11 is 28.8. The minimum absolute atomic E-state index is 0.0104. The van der Waals surface area contributed by atoms with Gasteiger partial charge in [0, 0.05) is 86.8 Å². The van der Waals surface area contributed by atoms with Crippen molar-refractivity contribution in [2.75, 3.05) is 74.3 Å². The number of amides is 4. The summed E-state index contributed by atoms with van der Waals surface area (Å²) in [7, 11) is 5.76. The SMILES string of the molecule is COC(CCC(=O)[C@]1(C)CCCN1C(=O)OCc1ccccc1)OC.COC(CN)OC.C[C@@]1(C(=O)CCC=O)CCCN1C(=O)OCc1ccccc1.C[C@@]1(C(=O)O)CCCN1.C[C@@]1(C(=O)O)CCCN1C(=O)OCc1ccccc1.C[C@@]1(c2ncco2)CCCN1.C[C@@]1(c2ncco2)CCCN1C(=O)OCc1ccccc1.ClC(Cl)Cl.ClC(Cl)Cl.c1ccc(P(c2ccccc2)c2ccccc2)cc1. The van der Waals surface area contributed by atoms with E-state index in [1.807, 2.05) is 135 Å². The van der Waals surface area contributed by atoms with Gasteiger partial charge in [-0.1, -0.05) is 282 Å². The largest absolute Gasteiger partial charge is 0.480 e. The van der Waals surface area contributed by atoms with Gasteiger partial charge in [-0.2, -0.15) is 0 Å². The van der Waals surface area contributed by atoms with Gasteiger partial charge < -0.3 is 78.1 Å². The molecule has 15 rings (SSSR count). The standard InChI is InChI=1S/C19H27NO5.C18H15P.C17H21NO4.C16H18N2O3.C14H17NO4.C8H12N2O.C6H11NO2.C4H11NO2.2CHCl3/c1-19(16(21)10-11-17(23-2)24-3)12-7-13-20(19)18(22)25-14-15-8-5-4-6-9-15;1-4-10-16(11-5-1)19(17-12-6-2-7-13-17)18-14-8-3-9-15-18;1-17(15(20)9-5-12-19)10-6-11-18(17)16(21)22-13-14-7-3-2-4-8-14;1-16(14-17-9-11-20-14)8-5-10-18(16)15(19)21-12-13-6-3-2-4-7-13;1-14(12(16)17)8-5-9-15(14)13(18)19-10-11-6-3-2-4-7-11;1-8(3-2-4-10-8)7-9-5-6-11-7;1-6(5(8)9)3-2-4-7-6;1-6-4(3-5)7-2;2*2-1(3)4/h4-6,8-9,17H,7,10-14H2,1-3H3;1-15H;2-4,7-8,12H,5-6,9-11,13H2,1H3;2-4,6-7,9,11H,5,8,10,12H2,1H3;2-4,6-7H,5,8-10H2,1H3,(H,16,17);5-6,10H,2-4H2,1H3;7H,2-4H2,1H3,(H,8,9);4H,3,5H2,1-2H3;2*1H/t19-;;17-;16-;14-;8-;6-;;;/m0.00000.../s1. The summed E-state index contributed by atoms with van der Waals surface area (Å²) in [5.74, 6) is -0.400. The highest BCUT2D eigenvalue weighted by atomic mass is 35.6. The number of Topliss-reactive ketones (excluding diaryl/α,β-unsaturated/α-hetero) is 2. The van der Waals surface area contributed by atoms with Crippen molar-refractivity contribution in [2.24, 2.45) is 5.73 Å². The van der Waals surface area contributed by atoms with E-state index in [1.165, 1.54) is 38.4 Å². The lowest BCUT2D eigenvalue weighted by Crippen LogP contribution is -2.51. The molecule has 4 amide bonds. The number of ketones is 2. The smallest absolute Gasteiger partial charge is 0.411 e. The quantitative estimate of drug-likeness (QED) is 0.00999. The van der Waals surface area contributed by atoms with Crippen LogP contribution in [0.4, 0.5) is 19.2 Å². The molecular formula is C104H134Cl6N9O21P. The summed E-state index contributed by atoms with van der Waals surface area (Å²) < 4.78 is 50.2. The topological polar surface area (TPSA) is 383 Å². The number of aromatic nitrogens is 2. The number of ether oxygens (including phenoxy) is 8. The maximum absolute atomic E-state index is 12.7. The number of alkyl halides is 6. The molecule has 0 spiro atoms. The van der Waals surface area contributed by atoms with Gasteiger partial charge in [-0.3, -0.25) is 34.0 Å². The molecule has 6 atom stereocenters. The summed E-state index contributed by atoms with van der Waals surface area (Å²) in [5.41, 5.74) is 4.85. The van der Waals surface area contributed by atoms with Gasteiger partial charge in [-0.15, -0.1) is 0 Å². The molecule has 9 aromatic rings. The van der Waals surface area contributed by atoms with Crippen molar-refractivity contribution in [3.05, 3.63) is 271 Å². The van der Waals surface area contributed by atoms with E-state index in [4.69, 9.17) is 127 Å². The first-order valence-electron chi connectivity index (χ1n) is 46.4. The number of hydrogen-bond acceptors (Lipinski definition) is 24. The number of rotatable bonds is 28. The van der Waals surface area contributed by atoms with Gasteiger partial charge in [-0.25, -0.2) is 33.9 Å². The zero-order valence-corrected chi connectivity index (χ0v) is 87.1. The number of halogens is 6. The van der Waals surface area contributed by atoms with Crippen molar-refractivity contribution in [3.63, 3.8) is 0 Å². The molecule has 2 aromatic heterocycles. The van der Waals surface area contributed by atoms with Gasteiger partial charge in [0.2, 0.25) is 11.8 Å². The van der Waals surface area contributed by atoms with Crippen LogP contribution in [0.5, 0.6) is 0 Å². The zero-order valence-electron chi connectivity index (χ0n) is 81.6. The molecule has 37 heteroatoms. The predicted molar refractivity (Wildman–Crippen MR) is 548 cm³/mol. The molecule has 0 aliphatic carbocycles. The Kier molecular flexibility index (Phi) is 53.5. The van der Waals surface area contributed by atoms with Crippen LogP contribution in [0.1, 0.15) is 178 Å². The van der Waals surface area contributed by atoms with Crippen LogP contribution in [0, 0.1) is 0 Å². The van der Waals surface area contributed by atoms with Gasteiger partial charge in [0.15, 0.2) is 32.7 Å². The molecule has 0 unspecified atom stereocenters. The number of nitrogens with one attached hydrogen (secondary N) is 2. The molecule has 6 aliphatic heterocycles. The van der Waals surface area contributed by atoms with Gasteiger partial charge in [0.1, 0.15) is 72.9 Å². The lowest BCUT2D eigenvalue weighted by molar-refractivity contribution is -0.148. The Morgan fingerprint density at radius 3 is 1.04 bits per heavy atom. The molecular weight excluding hydrogens is 1950 g/mol. The second-order valence-corrected chi connectivity index (χ2v) is 40.4. The Bertz CT molecular complexity index is 4970. The van der Waals surface area contributed by atoms with Gasteiger partial charge in [0.05, 0.1) is 17.9 Å². The number of oxazole rings is 2.